The van der Waals surface area contributed by atoms with Gasteiger partial charge in [0.2, 0.25) is 0 Å². The third kappa shape index (κ3) is 3.20. The van der Waals surface area contributed by atoms with Gasteiger partial charge in [-0.15, -0.1) is 0 Å². The summed E-state index contributed by atoms with van der Waals surface area (Å²) in [6, 6.07) is 3.06. The fourth-order valence-corrected chi connectivity index (χ4v) is 1.67. The quantitative estimate of drug-likeness (QED) is 0.920. The Morgan fingerprint density at radius 3 is 2.80 bits per heavy atom. The first-order chi connectivity index (χ1) is 7.04. The molecule has 0 atom stereocenters. The van der Waals surface area contributed by atoms with Gasteiger partial charge in [0.15, 0.2) is 11.6 Å². The van der Waals surface area contributed by atoms with Crippen LogP contribution in [0.4, 0.5) is 4.39 Å². The molecule has 15 heavy (non-hydrogen) atoms. The van der Waals surface area contributed by atoms with Crippen LogP contribution in [0, 0.1) is 5.82 Å². The first-order valence-electron chi connectivity index (χ1n) is 4.28. The van der Waals surface area contributed by atoms with Gasteiger partial charge in [0.25, 0.3) is 0 Å². The van der Waals surface area contributed by atoms with Gasteiger partial charge in [0.05, 0.1) is 7.11 Å². The van der Waals surface area contributed by atoms with E-state index in [1.54, 1.807) is 6.07 Å². The number of rotatable bonds is 4. The van der Waals surface area contributed by atoms with Crippen LogP contribution in [-0.2, 0) is 11.2 Å². The minimum atomic E-state index is -0.951. The predicted octanol–water partition coefficient (Wildman–Crippen LogP) is 2.61. The Bertz CT molecular complexity index is 379. The summed E-state index contributed by atoms with van der Waals surface area (Å²) in [6.45, 7) is 0. The fraction of sp³-hybridized carbons (Fsp3) is 0.300. The number of hydrogen-bond donors (Lipinski definition) is 1. The van der Waals surface area contributed by atoms with Crippen LogP contribution in [0.1, 0.15) is 12.0 Å². The number of ether oxygens (including phenoxy) is 1. The van der Waals surface area contributed by atoms with Crippen molar-refractivity contribution >= 4 is 21.9 Å². The van der Waals surface area contributed by atoms with Crippen LogP contribution in [0.2, 0.25) is 0 Å². The zero-order valence-corrected chi connectivity index (χ0v) is 9.67. The molecule has 0 fully saturated rings. The van der Waals surface area contributed by atoms with Gasteiger partial charge in [-0.25, -0.2) is 4.39 Å². The maximum Gasteiger partial charge on any atom is 0.303 e. The SMILES string of the molecule is COc1cc(Br)cc(CCC(=O)O)c1F. The summed E-state index contributed by atoms with van der Waals surface area (Å²) in [7, 11) is 1.37. The van der Waals surface area contributed by atoms with Crippen molar-refractivity contribution in [3.05, 3.63) is 28.0 Å². The number of methoxy groups -OCH3 is 1. The van der Waals surface area contributed by atoms with E-state index in [0.717, 1.165) is 0 Å². The van der Waals surface area contributed by atoms with Gasteiger partial charge in [0, 0.05) is 10.9 Å². The smallest absolute Gasteiger partial charge is 0.303 e. The Kier molecular flexibility index (Phi) is 4.08. The molecule has 5 heteroatoms. The van der Waals surface area contributed by atoms with Crippen LogP contribution in [0.15, 0.2) is 16.6 Å². The molecule has 0 saturated heterocycles. The first-order valence-corrected chi connectivity index (χ1v) is 5.07. The highest BCUT2D eigenvalue weighted by atomic mass is 79.9. The lowest BCUT2D eigenvalue weighted by Gasteiger charge is -2.07. The van der Waals surface area contributed by atoms with Crippen molar-refractivity contribution in [1.29, 1.82) is 0 Å². The number of halogens is 2. The maximum atomic E-state index is 13.6. The standard InChI is InChI=1S/C10H10BrFO3/c1-15-8-5-7(11)4-6(10(8)12)2-3-9(13)14/h4-5H,2-3H2,1H3,(H,13,14). The largest absolute Gasteiger partial charge is 0.494 e. The molecule has 1 aromatic carbocycles. The van der Waals surface area contributed by atoms with E-state index in [4.69, 9.17) is 9.84 Å². The molecule has 0 aromatic heterocycles. The van der Waals surface area contributed by atoms with Gasteiger partial charge < -0.3 is 9.84 Å². The number of hydrogen-bond acceptors (Lipinski definition) is 2. The van der Waals surface area contributed by atoms with Gasteiger partial charge in [-0.2, -0.15) is 0 Å². The second-order valence-electron chi connectivity index (χ2n) is 2.97. The monoisotopic (exact) mass is 276 g/mol. The van der Waals surface area contributed by atoms with E-state index in [1.807, 2.05) is 0 Å². The third-order valence-corrected chi connectivity index (χ3v) is 2.37. The van der Waals surface area contributed by atoms with Gasteiger partial charge in [0.1, 0.15) is 0 Å². The number of aryl methyl sites for hydroxylation is 1. The minimum Gasteiger partial charge on any atom is -0.494 e. The summed E-state index contributed by atoms with van der Waals surface area (Å²) in [5, 5.41) is 8.50. The molecule has 0 heterocycles. The van der Waals surface area contributed by atoms with Crippen LogP contribution in [0.5, 0.6) is 5.75 Å². The molecule has 1 N–H and O–H groups in total. The number of carboxylic acids is 1. The first kappa shape index (κ1) is 12.0. The Labute approximate surface area is 95.0 Å². The van der Waals surface area contributed by atoms with Crippen molar-refractivity contribution < 1.29 is 19.0 Å². The fourth-order valence-electron chi connectivity index (χ4n) is 1.19. The van der Waals surface area contributed by atoms with E-state index in [1.165, 1.54) is 13.2 Å². The molecule has 0 aliphatic rings. The summed E-state index contributed by atoms with van der Waals surface area (Å²) in [5.41, 5.74) is 0.337. The Morgan fingerprint density at radius 1 is 1.60 bits per heavy atom. The molecule has 1 aromatic rings. The van der Waals surface area contributed by atoms with Crippen LogP contribution < -0.4 is 4.74 Å². The van der Waals surface area contributed by atoms with Crippen LogP contribution in [-0.4, -0.2) is 18.2 Å². The van der Waals surface area contributed by atoms with Crippen molar-refractivity contribution in [2.24, 2.45) is 0 Å². The second-order valence-corrected chi connectivity index (χ2v) is 3.89. The lowest BCUT2D eigenvalue weighted by molar-refractivity contribution is -0.136. The van der Waals surface area contributed by atoms with E-state index in [9.17, 15) is 9.18 Å². The Hall–Kier alpha value is -1.10. The molecular weight excluding hydrogens is 267 g/mol. The van der Waals surface area contributed by atoms with Crippen molar-refractivity contribution in [2.45, 2.75) is 12.8 Å². The molecule has 3 nitrogen and oxygen atoms in total. The van der Waals surface area contributed by atoms with Crippen molar-refractivity contribution in [2.75, 3.05) is 7.11 Å². The van der Waals surface area contributed by atoms with Crippen molar-refractivity contribution in [3.63, 3.8) is 0 Å². The molecule has 0 saturated carbocycles. The third-order valence-electron chi connectivity index (χ3n) is 1.91. The van der Waals surface area contributed by atoms with Gasteiger partial charge in [-0.05, 0) is 24.1 Å². The van der Waals surface area contributed by atoms with Crippen molar-refractivity contribution in [1.82, 2.24) is 0 Å². The number of carbonyl (C=O) groups is 1. The highest BCUT2D eigenvalue weighted by Crippen LogP contribution is 2.26. The molecule has 0 unspecified atom stereocenters. The van der Waals surface area contributed by atoms with Crippen molar-refractivity contribution in [3.8, 4) is 5.75 Å². The summed E-state index contributed by atoms with van der Waals surface area (Å²) in [6.07, 6.45) is 0.0491. The van der Waals surface area contributed by atoms with Gasteiger partial charge in [-0.3, -0.25) is 4.79 Å². The predicted molar refractivity (Wildman–Crippen MR) is 56.6 cm³/mol. The van der Waals surface area contributed by atoms with E-state index in [2.05, 4.69) is 15.9 Å². The van der Waals surface area contributed by atoms with Crippen LogP contribution in [0.3, 0.4) is 0 Å². The average Bonchev–Trinajstić information content (AvgIpc) is 2.18. The van der Waals surface area contributed by atoms with E-state index >= 15 is 0 Å². The summed E-state index contributed by atoms with van der Waals surface area (Å²) in [5.74, 6) is -1.33. The normalized spacial score (nSPS) is 10.1. The zero-order chi connectivity index (χ0) is 11.4. The molecule has 0 amide bonds. The molecule has 0 radical (unpaired) electrons. The van der Waals surface area contributed by atoms with Crippen LogP contribution >= 0.6 is 15.9 Å². The maximum absolute atomic E-state index is 13.6. The van der Waals surface area contributed by atoms with Gasteiger partial charge >= 0.3 is 5.97 Å². The molecule has 0 aliphatic heterocycles. The van der Waals surface area contributed by atoms with Crippen LogP contribution in [0.25, 0.3) is 0 Å². The summed E-state index contributed by atoms with van der Waals surface area (Å²) < 4.78 is 19.1. The average molecular weight is 277 g/mol. The van der Waals surface area contributed by atoms with E-state index in [0.29, 0.717) is 10.0 Å². The van der Waals surface area contributed by atoms with E-state index in [-0.39, 0.29) is 18.6 Å². The Morgan fingerprint density at radius 2 is 2.27 bits per heavy atom. The Balaban J connectivity index is 2.95. The topological polar surface area (TPSA) is 46.5 Å². The molecule has 82 valence electrons. The highest BCUT2D eigenvalue weighted by molar-refractivity contribution is 9.10. The lowest BCUT2D eigenvalue weighted by Crippen LogP contribution is -2.01. The molecule has 0 spiro atoms. The zero-order valence-electron chi connectivity index (χ0n) is 8.09. The molecule has 1 rings (SSSR count). The summed E-state index contributed by atoms with van der Waals surface area (Å²) in [4.78, 5) is 10.4. The van der Waals surface area contributed by atoms with E-state index < -0.39 is 11.8 Å². The molecule has 0 bridgehead atoms. The number of aliphatic carboxylic acids is 1. The second kappa shape index (κ2) is 5.11. The number of benzene rings is 1. The highest BCUT2D eigenvalue weighted by Gasteiger charge is 2.11. The minimum absolute atomic E-state index is 0.101. The number of carboxylic acid groups (broad SMARTS) is 1. The van der Waals surface area contributed by atoms with Gasteiger partial charge in [-0.1, -0.05) is 15.9 Å². The lowest BCUT2D eigenvalue weighted by atomic mass is 10.1. The summed E-state index contributed by atoms with van der Waals surface area (Å²) >= 11 is 3.20. The molecule has 0 aliphatic carbocycles. The molecular formula is C10H10BrFO3.